The molecule has 0 spiro atoms. The Labute approximate surface area is 123 Å². The summed E-state index contributed by atoms with van der Waals surface area (Å²) in [6, 6.07) is 9.45. The lowest BCUT2D eigenvalue weighted by molar-refractivity contribution is 0.147. The highest BCUT2D eigenvalue weighted by molar-refractivity contribution is 5.31. The summed E-state index contributed by atoms with van der Waals surface area (Å²) in [5.74, 6) is 1.57. The minimum Gasteiger partial charge on any atom is -0.497 e. The van der Waals surface area contributed by atoms with Crippen molar-refractivity contribution in [2.75, 3.05) is 13.7 Å². The molecular weight excluding hydrogens is 248 g/mol. The molecule has 3 heteroatoms. The number of methoxy groups -OCH3 is 1. The number of rotatable bonds is 7. The SMILES string of the molecule is COc1cccc(C(C(C)N)N(CC(C)C)C2CC2)c1. The lowest BCUT2D eigenvalue weighted by Crippen LogP contribution is -2.42. The first-order valence-corrected chi connectivity index (χ1v) is 7.68. The van der Waals surface area contributed by atoms with Crippen LogP contribution in [0, 0.1) is 5.92 Å². The zero-order valence-corrected chi connectivity index (χ0v) is 13.2. The molecule has 0 amide bonds. The van der Waals surface area contributed by atoms with Gasteiger partial charge in [0.2, 0.25) is 0 Å². The standard InChI is InChI=1S/C17H28N2O/c1-12(2)11-19(15-8-9-15)17(13(3)18)14-6-5-7-16(10-14)20-4/h5-7,10,12-13,15,17H,8-9,11,18H2,1-4H3. The van der Waals surface area contributed by atoms with Crippen LogP contribution in [-0.4, -0.2) is 30.6 Å². The maximum absolute atomic E-state index is 6.32. The fraction of sp³-hybridized carbons (Fsp3) is 0.647. The molecule has 0 aliphatic heterocycles. The van der Waals surface area contributed by atoms with E-state index in [1.165, 1.54) is 18.4 Å². The van der Waals surface area contributed by atoms with Gasteiger partial charge < -0.3 is 10.5 Å². The average molecular weight is 276 g/mol. The average Bonchev–Trinajstić information content (AvgIpc) is 3.21. The molecule has 0 bridgehead atoms. The first-order valence-electron chi connectivity index (χ1n) is 7.68. The Balaban J connectivity index is 2.27. The molecule has 2 rings (SSSR count). The second kappa shape index (κ2) is 6.59. The van der Waals surface area contributed by atoms with Crippen LogP contribution in [0.3, 0.4) is 0 Å². The molecule has 1 aromatic rings. The summed E-state index contributed by atoms with van der Waals surface area (Å²) < 4.78 is 5.36. The molecule has 20 heavy (non-hydrogen) atoms. The summed E-state index contributed by atoms with van der Waals surface area (Å²) in [5.41, 5.74) is 7.59. The molecule has 1 saturated carbocycles. The van der Waals surface area contributed by atoms with Gasteiger partial charge in [0, 0.05) is 18.6 Å². The monoisotopic (exact) mass is 276 g/mol. The van der Waals surface area contributed by atoms with Gasteiger partial charge in [-0.1, -0.05) is 26.0 Å². The minimum absolute atomic E-state index is 0.112. The minimum atomic E-state index is 0.112. The number of nitrogens with two attached hydrogens (primary N) is 1. The molecule has 3 nitrogen and oxygen atoms in total. The third-order valence-electron chi connectivity index (χ3n) is 3.88. The van der Waals surface area contributed by atoms with Crippen molar-refractivity contribution in [2.45, 2.75) is 51.7 Å². The number of hydrogen-bond acceptors (Lipinski definition) is 3. The molecule has 0 aromatic heterocycles. The highest BCUT2D eigenvalue weighted by Gasteiger charge is 2.36. The molecule has 0 saturated heterocycles. The molecular formula is C17H28N2O. The van der Waals surface area contributed by atoms with Crippen LogP contribution in [0.5, 0.6) is 5.75 Å². The van der Waals surface area contributed by atoms with Gasteiger partial charge in [-0.05, 0) is 43.4 Å². The van der Waals surface area contributed by atoms with Gasteiger partial charge in [-0.3, -0.25) is 4.90 Å². The molecule has 1 aromatic carbocycles. The van der Waals surface area contributed by atoms with Crippen LogP contribution in [0.15, 0.2) is 24.3 Å². The maximum Gasteiger partial charge on any atom is 0.119 e. The van der Waals surface area contributed by atoms with E-state index in [1.54, 1.807) is 7.11 Å². The van der Waals surface area contributed by atoms with Crippen molar-refractivity contribution in [3.05, 3.63) is 29.8 Å². The van der Waals surface area contributed by atoms with E-state index in [2.05, 4.69) is 43.9 Å². The van der Waals surface area contributed by atoms with E-state index in [4.69, 9.17) is 10.5 Å². The van der Waals surface area contributed by atoms with Crippen LogP contribution in [0.25, 0.3) is 0 Å². The molecule has 112 valence electrons. The van der Waals surface area contributed by atoms with E-state index in [0.717, 1.165) is 12.3 Å². The first kappa shape index (κ1) is 15.3. The molecule has 1 aliphatic rings. The van der Waals surface area contributed by atoms with E-state index in [0.29, 0.717) is 12.0 Å². The highest BCUT2D eigenvalue weighted by atomic mass is 16.5. The zero-order valence-electron chi connectivity index (χ0n) is 13.2. The zero-order chi connectivity index (χ0) is 14.7. The van der Waals surface area contributed by atoms with Crippen LogP contribution >= 0.6 is 0 Å². The predicted molar refractivity (Wildman–Crippen MR) is 84.0 cm³/mol. The normalized spacial score (nSPS) is 18.4. The Bertz CT molecular complexity index is 427. The van der Waals surface area contributed by atoms with Gasteiger partial charge in [-0.2, -0.15) is 0 Å². The molecule has 1 aliphatic carbocycles. The lowest BCUT2D eigenvalue weighted by Gasteiger charge is -2.36. The molecule has 0 radical (unpaired) electrons. The molecule has 2 N–H and O–H groups in total. The summed E-state index contributed by atoms with van der Waals surface area (Å²) in [6.45, 7) is 7.77. The highest BCUT2D eigenvalue weighted by Crippen LogP contribution is 2.37. The largest absolute Gasteiger partial charge is 0.497 e. The first-order chi connectivity index (χ1) is 9.52. The molecule has 2 atom stereocenters. The van der Waals surface area contributed by atoms with Gasteiger partial charge in [-0.15, -0.1) is 0 Å². The Morgan fingerprint density at radius 2 is 2.00 bits per heavy atom. The van der Waals surface area contributed by atoms with Gasteiger partial charge in [0.05, 0.1) is 13.2 Å². The summed E-state index contributed by atoms with van der Waals surface area (Å²) in [5, 5.41) is 0. The van der Waals surface area contributed by atoms with Crippen LogP contribution in [-0.2, 0) is 0 Å². The van der Waals surface area contributed by atoms with E-state index < -0.39 is 0 Å². The third-order valence-corrected chi connectivity index (χ3v) is 3.88. The number of nitrogens with zero attached hydrogens (tertiary/aromatic N) is 1. The van der Waals surface area contributed by atoms with Crippen molar-refractivity contribution in [3.8, 4) is 5.75 Å². The van der Waals surface area contributed by atoms with E-state index in [1.807, 2.05) is 6.07 Å². The van der Waals surface area contributed by atoms with Crippen LogP contribution in [0.4, 0.5) is 0 Å². The summed E-state index contributed by atoms with van der Waals surface area (Å²) in [7, 11) is 1.72. The van der Waals surface area contributed by atoms with Crippen LogP contribution in [0.1, 0.15) is 45.2 Å². The quantitative estimate of drug-likeness (QED) is 0.831. The van der Waals surface area contributed by atoms with Crippen molar-refractivity contribution < 1.29 is 4.74 Å². The smallest absolute Gasteiger partial charge is 0.119 e. The van der Waals surface area contributed by atoms with Gasteiger partial charge in [-0.25, -0.2) is 0 Å². The Kier molecular flexibility index (Phi) is 5.06. The van der Waals surface area contributed by atoms with Gasteiger partial charge in [0.1, 0.15) is 5.75 Å². The van der Waals surface area contributed by atoms with E-state index in [-0.39, 0.29) is 12.1 Å². The van der Waals surface area contributed by atoms with Crippen molar-refractivity contribution in [2.24, 2.45) is 11.7 Å². The Morgan fingerprint density at radius 3 is 2.50 bits per heavy atom. The van der Waals surface area contributed by atoms with Crippen LogP contribution in [0.2, 0.25) is 0 Å². The number of hydrogen-bond donors (Lipinski definition) is 1. The van der Waals surface area contributed by atoms with Crippen molar-refractivity contribution in [1.29, 1.82) is 0 Å². The van der Waals surface area contributed by atoms with Gasteiger partial charge in [0.15, 0.2) is 0 Å². The molecule has 0 heterocycles. The van der Waals surface area contributed by atoms with Crippen molar-refractivity contribution in [3.63, 3.8) is 0 Å². The topological polar surface area (TPSA) is 38.5 Å². The fourth-order valence-electron chi connectivity index (χ4n) is 2.94. The molecule has 1 fully saturated rings. The second-order valence-corrected chi connectivity index (χ2v) is 6.40. The predicted octanol–water partition coefficient (Wildman–Crippen LogP) is 3.20. The summed E-state index contributed by atoms with van der Waals surface area (Å²) >= 11 is 0. The van der Waals surface area contributed by atoms with E-state index >= 15 is 0 Å². The van der Waals surface area contributed by atoms with Gasteiger partial charge >= 0.3 is 0 Å². The van der Waals surface area contributed by atoms with Gasteiger partial charge in [0.25, 0.3) is 0 Å². The number of ether oxygens (including phenoxy) is 1. The van der Waals surface area contributed by atoms with E-state index in [9.17, 15) is 0 Å². The summed E-state index contributed by atoms with van der Waals surface area (Å²) in [4.78, 5) is 2.60. The third kappa shape index (κ3) is 3.74. The van der Waals surface area contributed by atoms with Crippen molar-refractivity contribution in [1.82, 2.24) is 4.90 Å². The summed E-state index contributed by atoms with van der Waals surface area (Å²) in [6.07, 6.45) is 2.61. The number of benzene rings is 1. The lowest BCUT2D eigenvalue weighted by atomic mass is 9.97. The van der Waals surface area contributed by atoms with Crippen LogP contribution < -0.4 is 10.5 Å². The second-order valence-electron chi connectivity index (χ2n) is 6.40. The van der Waals surface area contributed by atoms with Crippen molar-refractivity contribution >= 4 is 0 Å². The Hall–Kier alpha value is -1.06. The maximum atomic E-state index is 6.32. The molecule has 2 unspecified atom stereocenters. The Morgan fingerprint density at radius 1 is 1.30 bits per heavy atom. The fourth-order valence-corrected chi connectivity index (χ4v) is 2.94.